The molecule has 0 fully saturated rings. The Balaban J connectivity index is 1.76. The van der Waals surface area contributed by atoms with E-state index in [2.05, 4.69) is 6.07 Å². The molecule has 0 saturated carbocycles. The summed E-state index contributed by atoms with van der Waals surface area (Å²) in [7, 11) is 3.13. The van der Waals surface area contributed by atoms with Gasteiger partial charge in [0.25, 0.3) is 0 Å². The number of cyclic esters (lactones) is 1. The van der Waals surface area contributed by atoms with Gasteiger partial charge in [0.2, 0.25) is 18.3 Å². The number of ether oxygens (including phenoxy) is 5. The minimum Gasteiger partial charge on any atom is -0.492 e. The van der Waals surface area contributed by atoms with Gasteiger partial charge in [-0.15, -0.1) is 0 Å². The second kappa shape index (κ2) is 6.26. The molecular formula is C23H19NO6. The molecule has 0 unspecified atom stereocenters. The molecule has 2 aliphatic heterocycles. The second-order valence-corrected chi connectivity index (χ2v) is 7.56. The number of hydrogen-bond donors (Lipinski definition) is 0. The van der Waals surface area contributed by atoms with Gasteiger partial charge in [-0.3, -0.25) is 0 Å². The van der Waals surface area contributed by atoms with E-state index in [1.807, 2.05) is 12.1 Å². The average Bonchev–Trinajstić information content (AvgIpc) is 3.50. The predicted octanol–water partition coefficient (Wildman–Crippen LogP) is 3.81. The van der Waals surface area contributed by atoms with E-state index in [9.17, 15) is 4.79 Å². The van der Waals surface area contributed by atoms with Crippen molar-refractivity contribution in [3.8, 4) is 34.1 Å². The fraction of sp³-hybridized carbons (Fsp3) is 0.304. The highest BCUT2D eigenvalue weighted by molar-refractivity contribution is 6.11. The van der Waals surface area contributed by atoms with Crippen molar-refractivity contribution in [2.75, 3.05) is 21.0 Å². The molecule has 1 aliphatic carbocycles. The molecule has 7 heteroatoms. The van der Waals surface area contributed by atoms with Gasteiger partial charge in [-0.05, 0) is 36.5 Å². The van der Waals surface area contributed by atoms with Gasteiger partial charge in [-0.2, -0.15) is 0 Å². The summed E-state index contributed by atoms with van der Waals surface area (Å²) in [6, 6.07) is 6.03. The van der Waals surface area contributed by atoms with Gasteiger partial charge in [0.1, 0.15) is 6.61 Å². The lowest BCUT2D eigenvalue weighted by atomic mass is 9.91. The minimum absolute atomic E-state index is 0.100. The summed E-state index contributed by atoms with van der Waals surface area (Å²) >= 11 is 0. The standard InChI is InChI=1S/C23H19NO6/c1-26-20-14(8-16-21(22(20)27-2)30-10-29-16)17-13-7-6-11-4-3-5-12(11)19(13)24-15-9-28-23(25)18(15)17/h6-8H,3-5,9-10H2,1-2H3. The second-order valence-electron chi connectivity index (χ2n) is 7.56. The first kappa shape index (κ1) is 17.4. The van der Waals surface area contributed by atoms with Crippen molar-refractivity contribution in [2.24, 2.45) is 0 Å². The third-order valence-corrected chi connectivity index (χ3v) is 6.10. The summed E-state index contributed by atoms with van der Waals surface area (Å²) < 4.78 is 28.0. The molecule has 0 N–H and O–H groups in total. The Kier molecular flexibility index (Phi) is 3.63. The molecule has 0 bridgehead atoms. The Morgan fingerprint density at radius 2 is 1.87 bits per heavy atom. The van der Waals surface area contributed by atoms with Crippen LogP contribution in [-0.4, -0.2) is 32.0 Å². The first-order chi connectivity index (χ1) is 14.7. The van der Waals surface area contributed by atoms with Crippen LogP contribution in [0.2, 0.25) is 0 Å². The van der Waals surface area contributed by atoms with Crippen LogP contribution in [0, 0.1) is 0 Å². The quantitative estimate of drug-likeness (QED) is 0.614. The predicted molar refractivity (Wildman–Crippen MR) is 108 cm³/mol. The zero-order valence-electron chi connectivity index (χ0n) is 16.7. The first-order valence-corrected chi connectivity index (χ1v) is 9.90. The maximum Gasteiger partial charge on any atom is 0.341 e. The number of carbonyl (C=O) groups excluding carboxylic acids is 1. The number of rotatable bonds is 3. The number of benzene rings is 2. The molecule has 3 aliphatic rings. The summed E-state index contributed by atoms with van der Waals surface area (Å²) in [4.78, 5) is 17.6. The molecular weight excluding hydrogens is 386 g/mol. The highest BCUT2D eigenvalue weighted by Crippen LogP contribution is 2.54. The van der Waals surface area contributed by atoms with Gasteiger partial charge < -0.3 is 23.7 Å². The molecule has 7 nitrogen and oxygen atoms in total. The molecule has 6 rings (SSSR count). The van der Waals surface area contributed by atoms with Crippen LogP contribution in [-0.2, 0) is 24.2 Å². The molecule has 152 valence electrons. The van der Waals surface area contributed by atoms with Gasteiger partial charge in [0.15, 0.2) is 11.5 Å². The minimum atomic E-state index is -0.381. The van der Waals surface area contributed by atoms with Crippen LogP contribution in [0.25, 0.3) is 22.0 Å². The Bertz CT molecular complexity index is 1250. The normalized spacial score (nSPS) is 15.9. The Morgan fingerprint density at radius 3 is 2.70 bits per heavy atom. The SMILES string of the molecule is COc1c(-c2c3c(nc4c5c(ccc24)CCC5)COC3=O)cc2c(c1OC)OCO2. The molecule has 3 aromatic rings. The van der Waals surface area contributed by atoms with E-state index in [-0.39, 0.29) is 19.4 Å². The summed E-state index contributed by atoms with van der Waals surface area (Å²) in [6.07, 6.45) is 3.14. The van der Waals surface area contributed by atoms with Crippen LogP contribution in [0.5, 0.6) is 23.0 Å². The van der Waals surface area contributed by atoms with Crippen LogP contribution in [0.1, 0.15) is 33.6 Å². The monoisotopic (exact) mass is 405 g/mol. The number of esters is 1. The molecule has 0 radical (unpaired) electrons. The average molecular weight is 405 g/mol. The summed E-state index contributed by atoms with van der Waals surface area (Å²) in [5.41, 5.74) is 6.06. The van der Waals surface area contributed by atoms with E-state index in [4.69, 9.17) is 28.7 Å². The number of carbonyl (C=O) groups is 1. The smallest absolute Gasteiger partial charge is 0.341 e. The number of aryl methyl sites for hydroxylation is 2. The van der Waals surface area contributed by atoms with Crippen LogP contribution in [0.15, 0.2) is 18.2 Å². The van der Waals surface area contributed by atoms with E-state index in [1.165, 1.54) is 11.1 Å². The first-order valence-electron chi connectivity index (χ1n) is 9.90. The third-order valence-electron chi connectivity index (χ3n) is 6.10. The molecule has 1 aromatic heterocycles. The number of fused-ring (bicyclic) bond motifs is 5. The van der Waals surface area contributed by atoms with Crippen molar-refractivity contribution in [3.05, 3.63) is 40.6 Å². The Labute approximate surface area is 172 Å². The largest absolute Gasteiger partial charge is 0.492 e. The maximum absolute atomic E-state index is 12.7. The zero-order valence-corrected chi connectivity index (χ0v) is 16.7. The van der Waals surface area contributed by atoms with Crippen LogP contribution in [0.4, 0.5) is 0 Å². The summed E-state index contributed by atoms with van der Waals surface area (Å²) in [5.74, 6) is 1.59. The van der Waals surface area contributed by atoms with Crippen LogP contribution >= 0.6 is 0 Å². The highest BCUT2D eigenvalue weighted by Gasteiger charge is 2.34. The van der Waals surface area contributed by atoms with E-state index >= 15 is 0 Å². The molecule has 3 heterocycles. The van der Waals surface area contributed by atoms with Crippen molar-refractivity contribution >= 4 is 16.9 Å². The molecule has 0 spiro atoms. The van der Waals surface area contributed by atoms with E-state index in [1.54, 1.807) is 14.2 Å². The lowest BCUT2D eigenvalue weighted by Crippen LogP contribution is -2.04. The number of pyridine rings is 1. The maximum atomic E-state index is 12.7. The molecule has 0 atom stereocenters. The van der Waals surface area contributed by atoms with Crippen LogP contribution < -0.4 is 18.9 Å². The molecule has 2 aromatic carbocycles. The fourth-order valence-electron chi connectivity index (χ4n) is 4.83. The number of hydrogen-bond acceptors (Lipinski definition) is 7. The topological polar surface area (TPSA) is 76.1 Å². The summed E-state index contributed by atoms with van der Waals surface area (Å²) in [6.45, 7) is 0.272. The molecule has 0 saturated heterocycles. The van der Waals surface area contributed by atoms with Crippen LogP contribution in [0.3, 0.4) is 0 Å². The van der Waals surface area contributed by atoms with Gasteiger partial charge in [0, 0.05) is 16.5 Å². The molecule has 0 amide bonds. The van der Waals surface area contributed by atoms with E-state index < -0.39 is 0 Å². The number of methoxy groups -OCH3 is 2. The van der Waals surface area contributed by atoms with Crippen molar-refractivity contribution in [2.45, 2.75) is 25.9 Å². The Morgan fingerprint density at radius 1 is 1.00 bits per heavy atom. The van der Waals surface area contributed by atoms with Crippen molar-refractivity contribution < 1.29 is 28.5 Å². The van der Waals surface area contributed by atoms with Crippen molar-refractivity contribution in [1.82, 2.24) is 4.98 Å². The van der Waals surface area contributed by atoms with Gasteiger partial charge >= 0.3 is 5.97 Å². The third kappa shape index (κ3) is 2.20. The van der Waals surface area contributed by atoms with Gasteiger partial charge in [0.05, 0.1) is 31.0 Å². The fourth-order valence-corrected chi connectivity index (χ4v) is 4.83. The lowest BCUT2D eigenvalue weighted by molar-refractivity contribution is 0.0534. The van der Waals surface area contributed by atoms with E-state index in [0.29, 0.717) is 39.8 Å². The zero-order chi connectivity index (χ0) is 20.4. The number of nitrogens with zero attached hydrogens (tertiary/aromatic N) is 1. The van der Waals surface area contributed by atoms with E-state index in [0.717, 1.165) is 35.7 Å². The van der Waals surface area contributed by atoms with Gasteiger partial charge in [-0.25, -0.2) is 9.78 Å². The summed E-state index contributed by atoms with van der Waals surface area (Å²) in [5, 5.41) is 0.896. The van der Waals surface area contributed by atoms with Crippen molar-refractivity contribution in [1.29, 1.82) is 0 Å². The highest BCUT2D eigenvalue weighted by atomic mass is 16.7. The molecule has 30 heavy (non-hydrogen) atoms. The Hall–Kier alpha value is -3.48. The van der Waals surface area contributed by atoms with Crippen molar-refractivity contribution in [3.63, 3.8) is 0 Å². The van der Waals surface area contributed by atoms with Gasteiger partial charge in [-0.1, -0.05) is 12.1 Å². The lowest BCUT2D eigenvalue weighted by Gasteiger charge is -2.18. The number of aromatic nitrogens is 1.